The highest BCUT2D eigenvalue weighted by atomic mass is 32.2. The molecule has 0 fully saturated rings. The van der Waals surface area contributed by atoms with E-state index in [0.29, 0.717) is 5.75 Å². The van der Waals surface area contributed by atoms with Gasteiger partial charge in [-0.2, -0.15) is 0 Å². The lowest BCUT2D eigenvalue weighted by Crippen LogP contribution is -2.17. The van der Waals surface area contributed by atoms with Gasteiger partial charge < -0.3 is 4.74 Å². The van der Waals surface area contributed by atoms with Crippen LogP contribution in [0.15, 0.2) is 60.9 Å². The van der Waals surface area contributed by atoms with Crippen LogP contribution < -0.4 is 9.46 Å². The maximum absolute atomic E-state index is 14.2. The molecule has 0 unspecified atom stereocenters. The molecule has 27 heavy (non-hydrogen) atoms. The summed E-state index contributed by atoms with van der Waals surface area (Å²) in [5, 5.41) is 0. The quantitative estimate of drug-likeness (QED) is 0.629. The van der Waals surface area contributed by atoms with E-state index >= 15 is 0 Å². The lowest BCUT2D eigenvalue weighted by molar-refractivity contribution is 0.0980. The molecule has 3 aromatic rings. The van der Waals surface area contributed by atoms with Crippen molar-refractivity contribution in [3.05, 3.63) is 83.7 Å². The fraction of sp³-hybridized carbons (Fsp3) is 0.100. The monoisotopic (exact) mass is 386 g/mol. The maximum Gasteiger partial charge on any atom is 0.264 e. The largest absolute Gasteiger partial charge is 0.489 e. The average molecular weight is 386 g/mol. The van der Waals surface area contributed by atoms with Crippen molar-refractivity contribution in [1.29, 1.82) is 0 Å². The van der Waals surface area contributed by atoms with Crippen LogP contribution in [0.2, 0.25) is 0 Å². The molecule has 1 aromatic heterocycles. The average Bonchev–Trinajstić information content (AvgIpc) is 2.69. The third kappa shape index (κ3) is 4.62. The Labute approximate surface area is 159 Å². The number of rotatable bonds is 6. The van der Waals surface area contributed by atoms with Crippen molar-refractivity contribution in [3.8, 4) is 16.9 Å². The van der Waals surface area contributed by atoms with Gasteiger partial charge in [0.05, 0.1) is 5.56 Å². The van der Waals surface area contributed by atoms with Gasteiger partial charge in [0.2, 0.25) is 0 Å². The summed E-state index contributed by atoms with van der Waals surface area (Å²) in [5.74, 6) is -1.67. The predicted octanol–water partition coefficient (Wildman–Crippen LogP) is 4.61. The summed E-state index contributed by atoms with van der Waals surface area (Å²) < 4.78 is 36.3. The van der Waals surface area contributed by atoms with E-state index in [4.69, 9.17) is 4.74 Å². The number of carbonyl (C=O) groups is 1. The Bertz CT molecular complexity index is 952. The Morgan fingerprint density at radius 1 is 1.11 bits per heavy atom. The van der Waals surface area contributed by atoms with Gasteiger partial charge in [-0.05, 0) is 35.9 Å². The summed E-state index contributed by atoms with van der Waals surface area (Å²) in [4.78, 5) is 15.8. The van der Waals surface area contributed by atoms with Gasteiger partial charge >= 0.3 is 0 Å². The maximum atomic E-state index is 14.2. The van der Waals surface area contributed by atoms with Crippen LogP contribution in [-0.4, -0.2) is 17.1 Å². The number of amides is 1. The zero-order valence-corrected chi connectivity index (χ0v) is 15.2. The first-order chi connectivity index (χ1) is 13.1. The smallest absolute Gasteiger partial charge is 0.264 e. The van der Waals surface area contributed by atoms with Crippen molar-refractivity contribution < 1.29 is 18.3 Å². The van der Waals surface area contributed by atoms with E-state index in [1.54, 1.807) is 30.8 Å². The number of nitrogens with one attached hydrogen (secondary N) is 1. The molecule has 3 rings (SSSR count). The topological polar surface area (TPSA) is 51.2 Å². The predicted molar refractivity (Wildman–Crippen MR) is 101 cm³/mol. The van der Waals surface area contributed by atoms with Crippen LogP contribution in [0.4, 0.5) is 8.78 Å². The highest BCUT2D eigenvalue weighted by Gasteiger charge is 2.16. The minimum Gasteiger partial charge on any atom is -0.489 e. The SMILES string of the molecule is CSNC(=O)c1cc(F)c(COc2cccc(-c3cccnc3)c2)cc1F. The van der Waals surface area contributed by atoms with Crippen molar-refractivity contribution >= 4 is 17.9 Å². The molecule has 0 bridgehead atoms. The summed E-state index contributed by atoms with van der Waals surface area (Å²) in [6.45, 7) is -0.163. The van der Waals surface area contributed by atoms with E-state index < -0.39 is 17.5 Å². The first-order valence-corrected chi connectivity index (χ1v) is 9.25. The van der Waals surface area contributed by atoms with E-state index in [9.17, 15) is 13.6 Å². The number of nitrogens with zero attached hydrogens (tertiary/aromatic N) is 1. The molecule has 0 spiro atoms. The second kappa shape index (κ2) is 8.64. The van der Waals surface area contributed by atoms with E-state index in [1.165, 1.54) is 0 Å². The van der Waals surface area contributed by atoms with Gasteiger partial charge in [-0.15, -0.1) is 0 Å². The molecule has 7 heteroatoms. The Kier molecular flexibility index (Phi) is 6.03. The van der Waals surface area contributed by atoms with Crippen molar-refractivity contribution in [3.63, 3.8) is 0 Å². The van der Waals surface area contributed by atoms with Crippen molar-refractivity contribution in [2.75, 3.05) is 6.26 Å². The Hall–Kier alpha value is -2.93. The fourth-order valence-corrected chi connectivity index (χ4v) is 2.78. The summed E-state index contributed by atoms with van der Waals surface area (Å²) in [6.07, 6.45) is 5.03. The molecule has 0 aliphatic rings. The van der Waals surface area contributed by atoms with Gasteiger partial charge in [-0.3, -0.25) is 14.5 Å². The second-order valence-corrected chi connectivity index (χ2v) is 6.23. The first kappa shape index (κ1) is 18.8. The zero-order chi connectivity index (χ0) is 19.2. The van der Waals surface area contributed by atoms with Crippen molar-refractivity contribution in [2.24, 2.45) is 0 Å². The minimum atomic E-state index is -0.800. The van der Waals surface area contributed by atoms with Crippen LogP contribution in [0, 0.1) is 11.6 Å². The lowest BCUT2D eigenvalue weighted by Gasteiger charge is -2.11. The highest BCUT2D eigenvalue weighted by Crippen LogP contribution is 2.24. The Balaban J connectivity index is 1.75. The van der Waals surface area contributed by atoms with Gasteiger partial charge in [0, 0.05) is 29.8 Å². The van der Waals surface area contributed by atoms with Crippen molar-refractivity contribution in [1.82, 2.24) is 9.71 Å². The fourth-order valence-electron chi connectivity index (χ4n) is 2.48. The van der Waals surface area contributed by atoms with Crippen LogP contribution in [0.1, 0.15) is 15.9 Å². The molecule has 4 nitrogen and oxygen atoms in total. The Morgan fingerprint density at radius 2 is 1.93 bits per heavy atom. The summed E-state index contributed by atoms with van der Waals surface area (Å²) in [5.41, 5.74) is 1.50. The Morgan fingerprint density at radius 3 is 2.67 bits per heavy atom. The van der Waals surface area contributed by atoms with Crippen LogP contribution in [-0.2, 0) is 6.61 Å². The van der Waals surface area contributed by atoms with Gasteiger partial charge in [-0.25, -0.2) is 8.78 Å². The molecule has 0 aliphatic carbocycles. The molecule has 1 amide bonds. The minimum absolute atomic E-state index is 0.0278. The van der Waals surface area contributed by atoms with Crippen molar-refractivity contribution in [2.45, 2.75) is 6.61 Å². The molecule has 0 saturated heterocycles. The molecule has 0 aliphatic heterocycles. The molecule has 0 radical (unpaired) electrons. The van der Waals surface area contributed by atoms with Crippen LogP contribution in [0.5, 0.6) is 5.75 Å². The van der Waals surface area contributed by atoms with E-state index in [1.807, 2.05) is 24.3 Å². The number of ether oxygens (including phenoxy) is 1. The second-order valence-electron chi connectivity index (χ2n) is 5.62. The standard InChI is InChI=1S/C20H16F2N2O2S/c1-27-24-20(25)17-10-18(21)15(9-19(17)22)12-26-16-6-2-4-13(8-16)14-5-3-7-23-11-14/h2-11H,12H2,1H3,(H,24,25). The molecular formula is C20H16F2N2O2S. The van der Waals surface area contributed by atoms with Gasteiger partial charge in [0.25, 0.3) is 5.91 Å². The molecule has 138 valence electrons. The summed E-state index contributed by atoms with van der Waals surface area (Å²) in [6, 6.07) is 12.9. The normalized spacial score (nSPS) is 10.5. The number of carbonyl (C=O) groups excluding carboxylic acids is 1. The zero-order valence-electron chi connectivity index (χ0n) is 14.4. The molecular weight excluding hydrogens is 370 g/mol. The van der Waals surface area contributed by atoms with E-state index in [0.717, 1.165) is 35.2 Å². The van der Waals surface area contributed by atoms with E-state index in [2.05, 4.69) is 9.71 Å². The van der Waals surface area contributed by atoms with Crippen LogP contribution >= 0.6 is 11.9 Å². The van der Waals surface area contributed by atoms with Crippen LogP contribution in [0.25, 0.3) is 11.1 Å². The molecule has 1 N–H and O–H groups in total. The molecule has 2 aromatic carbocycles. The first-order valence-electron chi connectivity index (χ1n) is 8.03. The number of halogens is 2. The summed E-state index contributed by atoms with van der Waals surface area (Å²) >= 11 is 1.01. The number of pyridine rings is 1. The number of hydrogen-bond donors (Lipinski definition) is 1. The molecule has 1 heterocycles. The third-order valence-electron chi connectivity index (χ3n) is 3.80. The van der Waals surface area contributed by atoms with Gasteiger partial charge in [0.15, 0.2) is 0 Å². The molecule has 0 saturated carbocycles. The summed E-state index contributed by atoms with van der Waals surface area (Å²) in [7, 11) is 0. The van der Waals surface area contributed by atoms with Gasteiger partial charge in [0.1, 0.15) is 24.0 Å². The molecule has 0 atom stereocenters. The highest BCUT2D eigenvalue weighted by molar-refractivity contribution is 7.97. The van der Waals surface area contributed by atoms with Crippen LogP contribution in [0.3, 0.4) is 0 Å². The number of aromatic nitrogens is 1. The third-order valence-corrected chi connectivity index (χ3v) is 4.19. The number of hydrogen-bond acceptors (Lipinski definition) is 4. The van der Waals surface area contributed by atoms with E-state index in [-0.39, 0.29) is 17.7 Å². The number of benzene rings is 2. The lowest BCUT2D eigenvalue weighted by atomic mass is 10.1. The van der Waals surface area contributed by atoms with Gasteiger partial charge in [-0.1, -0.05) is 30.1 Å².